The highest BCUT2D eigenvalue weighted by Gasteiger charge is 2.20. The third-order valence-corrected chi connectivity index (χ3v) is 14.8. The number of terminal acetylenes is 1. The molecule has 0 fully saturated rings. The fourth-order valence-corrected chi connectivity index (χ4v) is 9.97. The Morgan fingerprint density at radius 2 is 0.981 bits per heavy atom. The van der Waals surface area contributed by atoms with Crippen LogP contribution < -0.4 is 9.47 Å². The minimum Gasteiger partial charge on any atom is -0.494 e. The highest BCUT2D eigenvalue weighted by atomic mass is 32.1. The van der Waals surface area contributed by atoms with Gasteiger partial charge in [0.05, 0.1) is 80.9 Å². The van der Waals surface area contributed by atoms with Crippen molar-refractivity contribution in [2.45, 2.75) is 92.9 Å². The van der Waals surface area contributed by atoms with Crippen molar-refractivity contribution in [2.24, 2.45) is 0 Å². The summed E-state index contributed by atoms with van der Waals surface area (Å²) < 4.78 is 15.1. The van der Waals surface area contributed by atoms with Crippen molar-refractivity contribution in [1.29, 1.82) is 0 Å². The molecule has 4 nitrogen and oxygen atoms in total. The first-order valence-corrected chi connectivity index (χ1v) is 22.7. The Balaban J connectivity index is 1.36. The van der Waals surface area contributed by atoms with Crippen molar-refractivity contribution in [3.05, 3.63) is 69.9 Å². The first kappa shape index (κ1) is 42.7. The Morgan fingerprint density at radius 3 is 1.51 bits per heavy atom. The predicted octanol–water partition coefficient (Wildman–Crippen LogP) is 12.2. The normalized spacial score (nSPS) is 11.6. The van der Waals surface area contributed by atoms with E-state index in [1.807, 2.05) is 12.1 Å². The minimum absolute atomic E-state index is 0.704. The summed E-state index contributed by atoms with van der Waals surface area (Å²) in [7, 11) is 0. The van der Waals surface area contributed by atoms with Crippen molar-refractivity contribution >= 4 is 34.0 Å². The molecule has 0 amide bonds. The molecule has 0 aliphatic heterocycles. The molecule has 286 valence electrons. The molecule has 0 aliphatic carbocycles. The van der Waals surface area contributed by atoms with Gasteiger partial charge in [-0.05, 0) is 148 Å². The van der Waals surface area contributed by atoms with Gasteiger partial charge in [-0.3, -0.25) is 0 Å². The van der Waals surface area contributed by atoms with Crippen molar-refractivity contribution in [2.75, 3.05) is 65.6 Å². The third kappa shape index (κ3) is 12.8. The molecule has 0 unspecified atom stereocenters. The molecule has 0 saturated carbocycles. The smallest absolute Gasteiger partial charge is 0.135 e. The Bertz CT molecular complexity index is 1740. The van der Waals surface area contributed by atoms with Gasteiger partial charge in [-0.25, -0.2) is 0 Å². The molecule has 7 heteroatoms. The second-order valence-electron chi connectivity index (χ2n) is 14.1. The quantitative estimate of drug-likeness (QED) is 0.0401. The molecule has 0 aliphatic rings. The van der Waals surface area contributed by atoms with Gasteiger partial charge < -0.3 is 18.4 Å². The molecule has 1 aromatic carbocycles. The summed E-state index contributed by atoms with van der Waals surface area (Å²) in [4.78, 5) is 6.93. The number of thiophene rings is 3. The highest BCUT2D eigenvalue weighted by molar-refractivity contribution is 7.26. The molecule has 0 radical (unpaired) electrons. The lowest BCUT2D eigenvalue weighted by Gasteiger charge is -2.35. The van der Waals surface area contributed by atoms with E-state index in [1.165, 1.54) is 119 Å². The van der Waals surface area contributed by atoms with E-state index in [9.17, 15) is 0 Å². The molecule has 3 heterocycles. The number of unbranched alkanes of at least 4 members (excludes halogenated alkanes) is 6. The molecular weight excluding hydrogens is 709 g/mol. The van der Waals surface area contributed by atoms with Gasteiger partial charge >= 0.3 is 0 Å². The molecule has 0 spiro atoms. The number of hydrogen-bond donors (Lipinski definition) is 0. The zero-order valence-electron chi connectivity index (χ0n) is 33.4. The largest absolute Gasteiger partial charge is 0.494 e. The van der Waals surface area contributed by atoms with Crippen LogP contribution >= 0.6 is 34.0 Å². The maximum Gasteiger partial charge on any atom is 0.135 e. The summed E-state index contributed by atoms with van der Waals surface area (Å²) in [6, 6.07) is 19.0. The third-order valence-electron chi connectivity index (χ3n) is 11.3. The van der Waals surface area contributed by atoms with Crippen molar-refractivity contribution in [1.82, 2.24) is 0 Å². The van der Waals surface area contributed by atoms with E-state index in [2.05, 4.69) is 102 Å². The van der Waals surface area contributed by atoms with E-state index in [4.69, 9.17) is 15.9 Å². The van der Waals surface area contributed by atoms with Crippen LogP contribution in [0.15, 0.2) is 54.6 Å². The molecule has 0 N–H and O–H groups in total. The lowest BCUT2D eigenvalue weighted by molar-refractivity contribution is -0.923. The number of quaternary nitrogens is 2. The number of ether oxygens (including phenoxy) is 2. The lowest BCUT2D eigenvalue weighted by atomic mass is 10.1. The molecule has 0 saturated heterocycles. The topological polar surface area (TPSA) is 18.5 Å². The van der Waals surface area contributed by atoms with Crippen LogP contribution in [-0.2, 0) is 0 Å². The van der Waals surface area contributed by atoms with Crippen molar-refractivity contribution in [3.8, 4) is 55.2 Å². The Hall–Kier alpha value is -3.04. The van der Waals surface area contributed by atoms with Gasteiger partial charge in [0.1, 0.15) is 11.5 Å². The summed E-state index contributed by atoms with van der Waals surface area (Å²) in [5.41, 5.74) is 0.890. The van der Waals surface area contributed by atoms with Gasteiger partial charge in [-0.15, -0.1) is 40.4 Å². The summed E-state index contributed by atoms with van der Waals surface area (Å²) in [6.45, 7) is 25.3. The maximum absolute atomic E-state index is 6.38. The summed E-state index contributed by atoms with van der Waals surface area (Å²) in [5.74, 6) is 11.4. The fourth-order valence-electron chi connectivity index (χ4n) is 7.11. The minimum atomic E-state index is 0.704. The van der Waals surface area contributed by atoms with Gasteiger partial charge in [0.2, 0.25) is 0 Å². The van der Waals surface area contributed by atoms with E-state index in [0.29, 0.717) is 6.61 Å². The predicted molar refractivity (Wildman–Crippen MR) is 233 cm³/mol. The standard InChI is InChI=1S/C46H64N2O2S3/c1-8-40-26-29-43(51-40)45-31-32-46(53-45)44-30-27-41(52-44)25-23-38-37-39(49-35-21-17-15-19-33-47(9-2,10-3)11-4)24-28-42(38)50-36-22-18-16-20-34-48(12-5,13-6)14-7/h1,24,26-32,37H,9-22,33-36H2,2-7H3/q+2. The highest BCUT2D eigenvalue weighted by Crippen LogP contribution is 2.40. The summed E-state index contributed by atoms with van der Waals surface area (Å²) >= 11 is 5.19. The van der Waals surface area contributed by atoms with E-state index >= 15 is 0 Å². The number of hydrogen-bond acceptors (Lipinski definition) is 5. The first-order valence-electron chi connectivity index (χ1n) is 20.2. The van der Waals surface area contributed by atoms with Crippen LogP contribution in [0.1, 0.15) is 108 Å². The van der Waals surface area contributed by atoms with Crippen LogP contribution in [0.5, 0.6) is 11.5 Å². The molecule has 0 atom stereocenters. The van der Waals surface area contributed by atoms with Gasteiger partial charge in [0, 0.05) is 19.5 Å². The molecule has 0 bridgehead atoms. The number of rotatable bonds is 24. The van der Waals surface area contributed by atoms with Crippen molar-refractivity contribution < 1.29 is 18.4 Å². The van der Waals surface area contributed by atoms with E-state index in [-0.39, 0.29) is 0 Å². The molecule has 53 heavy (non-hydrogen) atoms. The van der Waals surface area contributed by atoms with Crippen molar-refractivity contribution in [3.63, 3.8) is 0 Å². The zero-order valence-corrected chi connectivity index (χ0v) is 35.9. The SMILES string of the molecule is C#Cc1ccc(-c2ccc(-c3ccc(C#Cc4cc(OCCCCCC[N+](CC)(CC)CC)ccc4OCCCCCC[N+](CC)(CC)CC)s3)s2)s1. The van der Waals surface area contributed by atoms with E-state index < -0.39 is 0 Å². The summed E-state index contributed by atoms with van der Waals surface area (Å²) in [5, 5.41) is 0. The average Bonchev–Trinajstić information content (AvgIpc) is 3.99. The van der Waals surface area contributed by atoms with Crippen LogP contribution in [0.4, 0.5) is 0 Å². The van der Waals surface area contributed by atoms with Gasteiger partial charge in [-0.1, -0.05) is 17.8 Å². The maximum atomic E-state index is 6.38. The first-order chi connectivity index (χ1) is 25.9. The second kappa shape index (κ2) is 22.4. The molecule has 4 rings (SSSR count). The lowest BCUT2D eigenvalue weighted by Crippen LogP contribution is -2.48. The van der Waals surface area contributed by atoms with Gasteiger partial charge in [0.15, 0.2) is 0 Å². The molecule has 3 aromatic heterocycles. The number of benzene rings is 1. The Morgan fingerprint density at radius 1 is 0.509 bits per heavy atom. The van der Waals surface area contributed by atoms with E-state index in [0.717, 1.165) is 46.3 Å². The Kier molecular flexibility index (Phi) is 18.0. The average molecular weight is 773 g/mol. The van der Waals surface area contributed by atoms with Crippen LogP contribution in [0, 0.1) is 24.2 Å². The fraction of sp³-hybridized carbons (Fsp3) is 0.522. The molecule has 4 aromatic rings. The summed E-state index contributed by atoms with van der Waals surface area (Å²) in [6.07, 6.45) is 15.2. The van der Waals surface area contributed by atoms with Crippen LogP contribution in [0.3, 0.4) is 0 Å². The second-order valence-corrected chi connectivity index (χ2v) is 17.3. The number of nitrogens with zero attached hydrogens (tertiary/aromatic N) is 2. The monoisotopic (exact) mass is 772 g/mol. The van der Waals surface area contributed by atoms with Crippen LogP contribution in [0.2, 0.25) is 0 Å². The van der Waals surface area contributed by atoms with Crippen LogP contribution in [-0.4, -0.2) is 74.5 Å². The van der Waals surface area contributed by atoms with Crippen LogP contribution in [0.25, 0.3) is 19.5 Å². The molecular formula is C46H64N2O2S3+2. The Labute approximate surface area is 334 Å². The van der Waals surface area contributed by atoms with Gasteiger partial charge in [-0.2, -0.15) is 0 Å². The van der Waals surface area contributed by atoms with E-state index in [1.54, 1.807) is 34.0 Å². The zero-order chi connectivity index (χ0) is 37.9. The van der Waals surface area contributed by atoms with Gasteiger partial charge in [0.25, 0.3) is 0 Å².